The van der Waals surface area contributed by atoms with Crippen LogP contribution in [-0.4, -0.2) is 38.7 Å². The Labute approximate surface area is 119 Å². The molecule has 9 heteroatoms. The second-order valence-corrected chi connectivity index (χ2v) is 6.35. The molecule has 2 atom stereocenters. The van der Waals surface area contributed by atoms with Gasteiger partial charge in [-0.05, 0) is 12.1 Å². The summed E-state index contributed by atoms with van der Waals surface area (Å²) in [5, 5.41) is 8.61. The number of carboxylic acids is 1. The maximum atomic E-state index is 13.7. The Balaban J connectivity index is 2.28. The van der Waals surface area contributed by atoms with Crippen molar-refractivity contribution in [1.29, 1.82) is 0 Å². The monoisotopic (exact) mass is 323 g/mol. The third-order valence-electron chi connectivity index (χ3n) is 2.91. The van der Waals surface area contributed by atoms with Crippen molar-refractivity contribution < 1.29 is 27.4 Å². The standard InChI is InChI=1S/C11H11ClFNO5S/c12-7-2-1-3-9(10(7)13)20(17,18)14-8-5-19-4-6(8)11(15)16/h1-3,6,8,14H,4-5H2,(H,15,16). The summed E-state index contributed by atoms with van der Waals surface area (Å²) in [6, 6.07) is 2.61. The average Bonchev–Trinajstić information content (AvgIpc) is 2.79. The molecule has 0 radical (unpaired) electrons. The van der Waals surface area contributed by atoms with Crippen LogP contribution >= 0.6 is 11.6 Å². The van der Waals surface area contributed by atoms with Gasteiger partial charge in [-0.2, -0.15) is 0 Å². The van der Waals surface area contributed by atoms with Gasteiger partial charge in [0.25, 0.3) is 0 Å². The Bertz CT molecular complexity index is 636. The Morgan fingerprint density at radius 2 is 2.15 bits per heavy atom. The summed E-state index contributed by atoms with van der Waals surface area (Å²) >= 11 is 5.53. The van der Waals surface area contributed by atoms with Crippen molar-refractivity contribution in [3.63, 3.8) is 0 Å². The SMILES string of the molecule is O=C(O)C1COCC1NS(=O)(=O)c1cccc(Cl)c1F. The van der Waals surface area contributed by atoms with Crippen LogP contribution in [0.25, 0.3) is 0 Å². The van der Waals surface area contributed by atoms with Crippen LogP contribution in [0.3, 0.4) is 0 Å². The predicted molar refractivity (Wildman–Crippen MR) is 67.5 cm³/mol. The van der Waals surface area contributed by atoms with Crippen LogP contribution in [0.1, 0.15) is 0 Å². The minimum absolute atomic E-state index is 0.0849. The lowest BCUT2D eigenvalue weighted by atomic mass is 10.1. The highest BCUT2D eigenvalue weighted by Crippen LogP contribution is 2.23. The van der Waals surface area contributed by atoms with E-state index < -0.39 is 38.7 Å². The van der Waals surface area contributed by atoms with Gasteiger partial charge in [0.2, 0.25) is 10.0 Å². The highest BCUT2D eigenvalue weighted by molar-refractivity contribution is 7.89. The third kappa shape index (κ3) is 2.93. The molecule has 110 valence electrons. The van der Waals surface area contributed by atoms with Crippen LogP contribution in [-0.2, 0) is 19.6 Å². The van der Waals surface area contributed by atoms with E-state index >= 15 is 0 Å². The first-order valence-corrected chi connectivity index (χ1v) is 7.46. The van der Waals surface area contributed by atoms with Crippen LogP contribution in [0.2, 0.25) is 5.02 Å². The summed E-state index contributed by atoms with van der Waals surface area (Å²) in [6.45, 7) is -0.182. The van der Waals surface area contributed by atoms with E-state index in [0.717, 1.165) is 6.07 Å². The molecule has 1 heterocycles. The lowest BCUT2D eigenvalue weighted by Crippen LogP contribution is -2.42. The fraction of sp³-hybridized carbons (Fsp3) is 0.364. The molecule has 0 amide bonds. The van der Waals surface area contributed by atoms with Crippen molar-refractivity contribution in [2.24, 2.45) is 5.92 Å². The van der Waals surface area contributed by atoms with Gasteiger partial charge in [-0.15, -0.1) is 0 Å². The molecular formula is C11H11ClFNO5S. The second kappa shape index (κ2) is 5.65. The first-order chi connectivity index (χ1) is 9.33. The molecule has 6 nitrogen and oxygen atoms in total. The van der Waals surface area contributed by atoms with Gasteiger partial charge < -0.3 is 9.84 Å². The van der Waals surface area contributed by atoms with E-state index in [0.29, 0.717) is 0 Å². The van der Waals surface area contributed by atoms with Gasteiger partial charge in [0.05, 0.1) is 30.2 Å². The Morgan fingerprint density at radius 3 is 2.80 bits per heavy atom. The minimum atomic E-state index is -4.22. The number of ether oxygens (including phenoxy) is 1. The van der Waals surface area contributed by atoms with Crippen LogP contribution in [0, 0.1) is 11.7 Å². The maximum absolute atomic E-state index is 13.7. The maximum Gasteiger partial charge on any atom is 0.310 e. The molecule has 2 rings (SSSR count). The number of sulfonamides is 1. The number of carbonyl (C=O) groups is 1. The molecule has 1 aromatic rings. The zero-order chi connectivity index (χ0) is 14.9. The van der Waals surface area contributed by atoms with E-state index in [4.69, 9.17) is 21.4 Å². The predicted octanol–water partition coefficient (Wildman–Crippen LogP) is 0.857. The number of aliphatic carboxylic acids is 1. The molecule has 1 aromatic carbocycles. The van der Waals surface area contributed by atoms with Crippen molar-refractivity contribution in [2.75, 3.05) is 13.2 Å². The van der Waals surface area contributed by atoms with Crippen molar-refractivity contribution >= 4 is 27.6 Å². The average molecular weight is 324 g/mol. The molecule has 0 saturated carbocycles. The number of rotatable bonds is 4. The lowest BCUT2D eigenvalue weighted by Gasteiger charge is -2.16. The van der Waals surface area contributed by atoms with Crippen molar-refractivity contribution in [1.82, 2.24) is 4.72 Å². The van der Waals surface area contributed by atoms with Gasteiger partial charge in [0, 0.05) is 0 Å². The van der Waals surface area contributed by atoms with Crippen LogP contribution < -0.4 is 4.72 Å². The Morgan fingerprint density at radius 1 is 1.45 bits per heavy atom. The summed E-state index contributed by atoms with van der Waals surface area (Å²) in [5.41, 5.74) is 0. The summed E-state index contributed by atoms with van der Waals surface area (Å²) in [5.74, 6) is -3.26. The number of nitrogens with one attached hydrogen (secondary N) is 1. The minimum Gasteiger partial charge on any atom is -0.481 e. The molecule has 0 aliphatic carbocycles. The summed E-state index contributed by atoms with van der Waals surface area (Å²) in [4.78, 5) is 10.3. The Hall–Kier alpha value is -1.22. The number of hydrogen-bond acceptors (Lipinski definition) is 4. The summed E-state index contributed by atoms with van der Waals surface area (Å²) in [6.07, 6.45) is 0. The van der Waals surface area contributed by atoms with E-state index in [9.17, 15) is 17.6 Å². The third-order valence-corrected chi connectivity index (χ3v) is 4.71. The largest absolute Gasteiger partial charge is 0.481 e. The number of hydrogen-bond donors (Lipinski definition) is 2. The fourth-order valence-corrected chi connectivity index (χ4v) is 3.46. The molecule has 0 aromatic heterocycles. The van der Waals surface area contributed by atoms with Crippen LogP contribution in [0.5, 0.6) is 0 Å². The zero-order valence-corrected chi connectivity index (χ0v) is 11.6. The van der Waals surface area contributed by atoms with E-state index in [-0.39, 0.29) is 18.2 Å². The molecule has 1 aliphatic rings. The topological polar surface area (TPSA) is 92.7 Å². The quantitative estimate of drug-likeness (QED) is 0.857. The first-order valence-electron chi connectivity index (χ1n) is 5.60. The van der Waals surface area contributed by atoms with Gasteiger partial charge >= 0.3 is 5.97 Å². The smallest absolute Gasteiger partial charge is 0.310 e. The molecule has 0 bridgehead atoms. The molecule has 2 N–H and O–H groups in total. The molecule has 0 spiro atoms. The molecular weight excluding hydrogens is 313 g/mol. The van der Waals surface area contributed by atoms with Gasteiger partial charge in [-0.25, -0.2) is 17.5 Å². The van der Waals surface area contributed by atoms with Crippen molar-refractivity contribution in [2.45, 2.75) is 10.9 Å². The lowest BCUT2D eigenvalue weighted by molar-refractivity contribution is -0.142. The highest BCUT2D eigenvalue weighted by atomic mass is 35.5. The fourth-order valence-electron chi connectivity index (χ4n) is 1.87. The van der Waals surface area contributed by atoms with Gasteiger partial charge in [0.1, 0.15) is 4.90 Å². The number of carboxylic acid groups (broad SMARTS) is 1. The van der Waals surface area contributed by atoms with E-state index in [1.54, 1.807) is 0 Å². The molecule has 20 heavy (non-hydrogen) atoms. The van der Waals surface area contributed by atoms with E-state index in [1.165, 1.54) is 12.1 Å². The molecule has 1 fully saturated rings. The van der Waals surface area contributed by atoms with E-state index in [2.05, 4.69) is 4.72 Å². The van der Waals surface area contributed by atoms with Gasteiger partial charge in [-0.1, -0.05) is 17.7 Å². The van der Waals surface area contributed by atoms with Crippen LogP contribution in [0.15, 0.2) is 23.1 Å². The highest BCUT2D eigenvalue weighted by Gasteiger charge is 2.37. The van der Waals surface area contributed by atoms with Gasteiger partial charge in [-0.3, -0.25) is 4.79 Å². The second-order valence-electron chi connectivity index (χ2n) is 4.26. The van der Waals surface area contributed by atoms with E-state index in [1.807, 2.05) is 0 Å². The number of halogens is 2. The molecule has 1 saturated heterocycles. The Kier molecular flexibility index (Phi) is 4.28. The zero-order valence-electron chi connectivity index (χ0n) is 10.0. The van der Waals surface area contributed by atoms with Crippen LogP contribution in [0.4, 0.5) is 4.39 Å². The first kappa shape index (κ1) is 15.2. The van der Waals surface area contributed by atoms with Crippen molar-refractivity contribution in [3.05, 3.63) is 29.0 Å². The molecule has 2 unspecified atom stereocenters. The number of benzene rings is 1. The van der Waals surface area contributed by atoms with Crippen molar-refractivity contribution in [3.8, 4) is 0 Å². The summed E-state index contributed by atoms with van der Waals surface area (Å²) < 4.78 is 44.9. The normalized spacial score (nSPS) is 22.9. The van der Waals surface area contributed by atoms with Gasteiger partial charge in [0.15, 0.2) is 5.82 Å². The summed E-state index contributed by atoms with van der Waals surface area (Å²) in [7, 11) is -4.22. The molecule has 1 aliphatic heterocycles.